The standard InChI is InChI=1S/C25H19BrN2O5/c1-32-22-12-18(11-19(14-27)24(29)28-20-5-3-2-4-6-20)21(26)13-23(22)33-15-16-7-9-17(10-8-16)25(30)31/h2-13H,15H2,1H3,(H,28,29)(H,30,31)/p-1/b19-11-. The molecule has 0 aliphatic rings. The van der Waals surface area contributed by atoms with Gasteiger partial charge in [0.25, 0.3) is 5.91 Å². The van der Waals surface area contributed by atoms with Gasteiger partial charge in [-0.3, -0.25) is 4.79 Å². The third kappa shape index (κ3) is 6.21. The van der Waals surface area contributed by atoms with E-state index in [0.717, 1.165) is 5.56 Å². The van der Waals surface area contributed by atoms with Crippen LogP contribution in [0, 0.1) is 11.3 Å². The van der Waals surface area contributed by atoms with Crippen LogP contribution in [0.25, 0.3) is 6.08 Å². The van der Waals surface area contributed by atoms with Crippen LogP contribution in [0.5, 0.6) is 11.5 Å². The fourth-order valence-corrected chi connectivity index (χ4v) is 3.29. The number of anilines is 1. The third-order valence-electron chi connectivity index (χ3n) is 4.56. The number of carboxylic acid groups (broad SMARTS) is 1. The summed E-state index contributed by atoms with van der Waals surface area (Å²) in [5.41, 5.74) is 1.89. The molecule has 1 amide bonds. The summed E-state index contributed by atoms with van der Waals surface area (Å²) in [6.45, 7) is 0.175. The molecular formula is C25H18BrN2O5-. The summed E-state index contributed by atoms with van der Waals surface area (Å²) in [6, 6.07) is 20.2. The highest BCUT2D eigenvalue weighted by Gasteiger charge is 2.14. The van der Waals surface area contributed by atoms with Gasteiger partial charge in [-0.15, -0.1) is 0 Å². The lowest BCUT2D eigenvalue weighted by Gasteiger charge is -2.13. The number of hydrogen-bond acceptors (Lipinski definition) is 6. The van der Waals surface area contributed by atoms with Crippen molar-refractivity contribution in [3.63, 3.8) is 0 Å². The maximum absolute atomic E-state index is 12.5. The molecule has 0 aliphatic heterocycles. The smallest absolute Gasteiger partial charge is 0.266 e. The number of carbonyl (C=O) groups is 2. The number of carboxylic acids is 1. The number of rotatable bonds is 8. The minimum atomic E-state index is -1.24. The van der Waals surface area contributed by atoms with Crippen LogP contribution in [0.3, 0.4) is 0 Å². The van der Waals surface area contributed by atoms with E-state index in [2.05, 4.69) is 21.2 Å². The van der Waals surface area contributed by atoms with E-state index in [0.29, 0.717) is 27.2 Å². The van der Waals surface area contributed by atoms with E-state index in [1.54, 1.807) is 48.5 Å². The van der Waals surface area contributed by atoms with Crippen LogP contribution in [-0.2, 0) is 11.4 Å². The Hall–Kier alpha value is -4.09. The molecule has 8 heteroatoms. The molecule has 0 bridgehead atoms. The first-order chi connectivity index (χ1) is 15.9. The molecule has 0 saturated carbocycles. The van der Waals surface area contributed by atoms with Crippen LogP contribution >= 0.6 is 15.9 Å². The number of methoxy groups -OCH3 is 1. The normalized spacial score (nSPS) is 10.8. The average Bonchev–Trinajstić information content (AvgIpc) is 2.82. The van der Waals surface area contributed by atoms with Crippen LogP contribution < -0.4 is 19.9 Å². The highest BCUT2D eigenvalue weighted by Crippen LogP contribution is 2.35. The Balaban J connectivity index is 1.79. The van der Waals surface area contributed by atoms with Gasteiger partial charge in [0.15, 0.2) is 11.5 Å². The molecule has 0 heterocycles. The molecule has 0 spiro atoms. The van der Waals surface area contributed by atoms with Crippen molar-refractivity contribution in [1.29, 1.82) is 5.26 Å². The van der Waals surface area contributed by atoms with Crippen molar-refractivity contribution in [2.75, 3.05) is 12.4 Å². The van der Waals surface area contributed by atoms with E-state index in [4.69, 9.17) is 9.47 Å². The summed E-state index contributed by atoms with van der Waals surface area (Å²) in [7, 11) is 1.48. The lowest BCUT2D eigenvalue weighted by molar-refractivity contribution is -0.255. The van der Waals surface area contributed by atoms with Crippen molar-refractivity contribution in [1.82, 2.24) is 0 Å². The summed E-state index contributed by atoms with van der Waals surface area (Å²) in [4.78, 5) is 23.4. The maximum atomic E-state index is 12.5. The second kappa shape index (κ2) is 11.0. The van der Waals surface area contributed by atoms with Crippen molar-refractivity contribution >= 4 is 39.6 Å². The monoisotopic (exact) mass is 505 g/mol. The molecule has 0 aromatic heterocycles. The van der Waals surface area contributed by atoms with E-state index in [1.807, 2.05) is 12.1 Å². The Bertz CT molecular complexity index is 1230. The zero-order valence-electron chi connectivity index (χ0n) is 17.5. The molecule has 3 aromatic carbocycles. The quantitative estimate of drug-likeness (QED) is 0.366. The number of para-hydroxylation sites is 1. The van der Waals surface area contributed by atoms with E-state index in [9.17, 15) is 20.0 Å². The number of benzene rings is 3. The first-order valence-corrected chi connectivity index (χ1v) is 10.5. The number of nitriles is 1. The Morgan fingerprint density at radius 3 is 2.39 bits per heavy atom. The number of nitrogens with one attached hydrogen (secondary N) is 1. The van der Waals surface area contributed by atoms with Gasteiger partial charge >= 0.3 is 0 Å². The van der Waals surface area contributed by atoms with Gasteiger partial charge in [0, 0.05) is 10.2 Å². The average molecular weight is 506 g/mol. The van der Waals surface area contributed by atoms with Crippen LogP contribution in [0.1, 0.15) is 21.5 Å². The summed E-state index contributed by atoms with van der Waals surface area (Å²) < 4.78 is 11.8. The van der Waals surface area contributed by atoms with E-state index in [1.165, 1.54) is 25.3 Å². The maximum Gasteiger partial charge on any atom is 0.266 e. The molecule has 0 unspecified atom stereocenters. The number of halogens is 1. The predicted molar refractivity (Wildman–Crippen MR) is 124 cm³/mol. The lowest BCUT2D eigenvalue weighted by atomic mass is 10.1. The summed E-state index contributed by atoms with van der Waals surface area (Å²) >= 11 is 3.44. The highest BCUT2D eigenvalue weighted by atomic mass is 79.9. The van der Waals surface area contributed by atoms with Gasteiger partial charge in [-0.2, -0.15) is 5.26 Å². The second-order valence-electron chi connectivity index (χ2n) is 6.79. The van der Waals surface area contributed by atoms with Crippen molar-refractivity contribution in [2.45, 2.75) is 6.61 Å². The first kappa shape index (κ1) is 23.6. The van der Waals surface area contributed by atoms with Crippen LogP contribution in [-0.4, -0.2) is 19.0 Å². The molecule has 33 heavy (non-hydrogen) atoms. The Kier molecular flexibility index (Phi) is 7.84. The van der Waals surface area contributed by atoms with E-state index < -0.39 is 11.9 Å². The molecule has 3 rings (SSSR count). The molecule has 0 atom stereocenters. The molecular weight excluding hydrogens is 488 g/mol. The number of aromatic carboxylic acids is 1. The van der Waals surface area contributed by atoms with Crippen molar-refractivity contribution in [3.8, 4) is 17.6 Å². The fourth-order valence-electron chi connectivity index (χ4n) is 2.86. The number of amides is 1. The van der Waals surface area contributed by atoms with Crippen LogP contribution in [0.2, 0.25) is 0 Å². The largest absolute Gasteiger partial charge is 0.545 e. The summed E-state index contributed by atoms with van der Waals surface area (Å²) in [5.74, 6) is -0.949. The zero-order valence-corrected chi connectivity index (χ0v) is 19.1. The Morgan fingerprint density at radius 2 is 1.79 bits per heavy atom. The minimum Gasteiger partial charge on any atom is -0.545 e. The molecule has 0 fully saturated rings. The topological polar surface area (TPSA) is 111 Å². The summed E-state index contributed by atoms with van der Waals surface area (Å²) in [5, 5.41) is 23.0. The van der Waals surface area contributed by atoms with Gasteiger partial charge < -0.3 is 24.7 Å². The molecule has 0 saturated heterocycles. The Morgan fingerprint density at radius 1 is 1.09 bits per heavy atom. The predicted octanol–water partition coefficient (Wildman–Crippen LogP) is 3.95. The molecule has 7 nitrogen and oxygen atoms in total. The molecule has 166 valence electrons. The van der Waals surface area contributed by atoms with Gasteiger partial charge in [0.05, 0.1) is 13.1 Å². The number of carbonyl (C=O) groups excluding carboxylic acids is 2. The Labute approximate surface area is 199 Å². The van der Waals surface area contributed by atoms with E-state index >= 15 is 0 Å². The van der Waals surface area contributed by atoms with E-state index in [-0.39, 0.29) is 17.7 Å². The van der Waals surface area contributed by atoms with Crippen LogP contribution in [0.15, 0.2) is 76.8 Å². The van der Waals surface area contributed by atoms with Gasteiger partial charge in [0.2, 0.25) is 0 Å². The zero-order chi connectivity index (χ0) is 23.8. The van der Waals surface area contributed by atoms with Gasteiger partial charge in [0.1, 0.15) is 18.2 Å². The molecule has 0 radical (unpaired) electrons. The summed E-state index contributed by atoms with van der Waals surface area (Å²) in [6.07, 6.45) is 1.45. The number of ether oxygens (including phenoxy) is 2. The third-order valence-corrected chi connectivity index (χ3v) is 5.25. The molecule has 0 aliphatic carbocycles. The van der Waals surface area contributed by atoms with Crippen molar-refractivity contribution in [3.05, 3.63) is 93.5 Å². The lowest BCUT2D eigenvalue weighted by Crippen LogP contribution is -2.22. The van der Waals surface area contributed by atoms with Gasteiger partial charge in [-0.05, 0) is 47.0 Å². The van der Waals surface area contributed by atoms with Crippen LogP contribution in [0.4, 0.5) is 5.69 Å². The number of hydrogen-bond donors (Lipinski definition) is 1. The first-order valence-electron chi connectivity index (χ1n) is 9.70. The van der Waals surface area contributed by atoms with Gasteiger partial charge in [-0.1, -0.05) is 58.4 Å². The molecule has 1 N–H and O–H groups in total. The fraction of sp³-hybridized carbons (Fsp3) is 0.0800. The highest BCUT2D eigenvalue weighted by molar-refractivity contribution is 9.10. The van der Waals surface area contributed by atoms with Crippen molar-refractivity contribution in [2.24, 2.45) is 0 Å². The molecule has 3 aromatic rings. The number of nitrogens with zero attached hydrogens (tertiary/aromatic N) is 1. The minimum absolute atomic E-state index is 0.0803. The SMILES string of the molecule is COc1cc(/C=C(/C#N)C(=O)Nc2ccccc2)c(Br)cc1OCc1ccc(C(=O)[O-])cc1. The van der Waals surface area contributed by atoms with Gasteiger partial charge in [-0.25, -0.2) is 0 Å². The second-order valence-corrected chi connectivity index (χ2v) is 7.64. The van der Waals surface area contributed by atoms with Crippen molar-refractivity contribution < 1.29 is 24.2 Å².